The van der Waals surface area contributed by atoms with Crippen molar-refractivity contribution in [2.45, 2.75) is 45.9 Å². The molecule has 0 aliphatic rings. The molecule has 3 rings (SSSR count). The van der Waals surface area contributed by atoms with E-state index in [-0.39, 0.29) is 28.2 Å². The van der Waals surface area contributed by atoms with Gasteiger partial charge < -0.3 is 14.9 Å². The van der Waals surface area contributed by atoms with Gasteiger partial charge in [-0.25, -0.2) is 19.0 Å². The fourth-order valence-corrected chi connectivity index (χ4v) is 4.64. The van der Waals surface area contributed by atoms with Crippen LogP contribution in [0, 0.1) is 6.92 Å². The molecule has 0 aliphatic carbocycles. The van der Waals surface area contributed by atoms with Crippen LogP contribution in [0.15, 0.2) is 39.9 Å². The van der Waals surface area contributed by atoms with Gasteiger partial charge in [-0.1, -0.05) is 30.3 Å². The third kappa shape index (κ3) is 3.87. The second kappa shape index (κ2) is 8.71. The predicted octanol–water partition coefficient (Wildman–Crippen LogP) is 2.26. The number of aromatic nitrogens is 2. The minimum absolute atomic E-state index is 0.0484. The maximum Gasteiger partial charge on any atom is 0.348 e. The highest BCUT2D eigenvalue weighted by molar-refractivity contribution is 7.20. The van der Waals surface area contributed by atoms with Gasteiger partial charge in [0.15, 0.2) is 0 Å². The highest BCUT2D eigenvalue weighted by atomic mass is 32.1. The maximum atomic E-state index is 13.4. The van der Waals surface area contributed by atoms with Crippen molar-refractivity contribution in [1.82, 2.24) is 9.13 Å². The number of carboxylic acid groups (broad SMARTS) is 1. The normalized spacial score (nSPS) is 12.7. The van der Waals surface area contributed by atoms with Crippen molar-refractivity contribution in [3.63, 3.8) is 0 Å². The van der Waals surface area contributed by atoms with Gasteiger partial charge in [0.1, 0.15) is 15.2 Å². The van der Waals surface area contributed by atoms with Crippen LogP contribution in [0.25, 0.3) is 10.2 Å². The summed E-state index contributed by atoms with van der Waals surface area (Å²) in [6, 6.07) is 8.63. The smallest absolute Gasteiger partial charge is 0.348 e. The number of fused-ring (bicyclic) bond motifs is 1. The van der Waals surface area contributed by atoms with Crippen LogP contribution >= 0.6 is 11.3 Å². The van der Waals surface area contributed by atoms with Crippen LogP contribution in [0.1, 0.15) is 47.7 Å². The molecule has 0 amide bonds. The summed E-state index contributed by atoms with van der Waals surface area (Å²) in [4.78, 5) is 51.3. The summed E-state index contributed by atoms with van der Waals surface area (Å²) in [7, 11) is 0. The average Bonchev–Trinajstić information content (AvgIpc) is 3.09. The van der Waals surface area contributed by atoms with Crippen LogP contribution in [0.4, 0.5) is 0 Å². The molecular weight excluding hydrogens is 436 g/mol. The van der Waals surface area contributed by atoms with E-state index in [4.69, 9.17) is 4.74 Å². The van der Waals surface area contributed by atoms with Crippen molar-refractivity contribution in [1.29, 1.82) is 0 Å². The van der Waals surface area contributed by atoms with Crippen molar-refractivity contribution < 1.29 is 24.5 Å². The summed E-state index contributed by atoms with van der Waals surface area (Å²) in [5.41, 5.74) is -2.72. The van der Waals surface area contributed by atoms with Gasteiger partial charge in [-0.3, -0.25) is 9.36 Å². The Bertz CT molecular complexity index is 1300. The summed E-state index contributed by atoms with van der Waals surface area (Å²) in [6.07, 6.45) is -1.11. The van der Waals surface area contributed by atoms with Crippen LogP contribution in [-0.2, 0) is 21.6 Å². The quantitative estimate of drug-likeness (QED) is 0.518. The maximum absolute atomic E-state index is 13.4. The van der Waals surface area contributed by atoms with Gasteiger partial charge >= 0.3 is 17.6 Å². The van der Waals surface area contributed by atoms with Gasteiger partial charge in [-0.15, -0.1) is 11.3 Å². The Morgan fingerprint density at radius 3 is 2.38 bits per heavy atom. The van der Waals surface area contributed by atoms with Crippen molar-refractivity contribution in [3.05, 3.63) is 67.2 Å². The summed E-state index contributed by atoms with van der Waals surface area (Å²) in [5.74, 6) is -2.01. The largest absolute Gasteiger partial charge is 0.480 e. The molecule has 2 heterocycles. The van der Waals surface area contributed by atoms with Gasteiger partial charge in [0.05, 0.1) is 24.6 Å². The number of benzene rings is 1. The number of hydrogen-bond donors (Lipinski definition) is 2. The number of aliphatic hydroxyl groups is 1. The minimum Gasteiger partial charge on any atom is -0.480 e. The zero-order valence-corrected chi connectivity index (χ0v) is 18.9. The SMILES string of the molecule is CCOC(=O)c1sc2c(c1C)c(=O)n(C(C)(C)C(=O)O)c(=O)n2CC(O)c1ccccc1. The number of nitrogens with zero attached hydrogens (tertiary/aromatic N) is 2. The van der Waals surface area contributed by atoms with Crippen molar-refractivity contribution in [2.75, 3.05) is 6.61 Å². The first-order valence-corrected chi connectivity index (χ1v) is 10.8. The Morgan fingerprint density at radius 1 is 1.19 bits per heavy atom. The molecule has 1 aromatic carbocycles. The highest BCUT2D eigenvalue weighted by Crippen LogP contribution is 2.30. The molecule has 1 unspecified atom stereocenters. The van der Waals surface area contributed by atoms with Gasteiger partial charge in [0.25, 0.3) is 5.56 Å². The lowest BCUT2D eigenvalue weighted by Gasteiger charge is -2.24. The number of aliphatic carboxylic acids is 1. The second-order valence-electron chi connectivity index (χ2n) is 7.78. The van der Waals surface area contributed by atoms with Crippen molar-refractivity contribution in [2.24, 2.45) is 0 Å². The molecule has 2 aromatic heterocycles. The zero-order valence-electron chi connectivity index (χ0n) is 18.1. The van der Waals surface area contributed by atoms with Crippen LogP contribution in [0.5, 0.6) is 0 Å². The monoisotopic (exact) mass is 460 g/mol. The van der Waals surface area contributed by atoms with Gasteiger partial charge in [-0.2, -0.15) is 0 Å². The Balaban J connectivity index is 2.36. The Kier molecular flexibility index (Phi) is 6.38. The van der Waals surface area contributed by atoms with E-state index < -0.39 is 34.8 Å². The molecule has 0 saturated carbocycles. The summed E-state index contributed by atoms with van der Waals surface area (Å²) < 4.78 is 6.88. The third-order valence-corrected chi connectivity index (χ3v) is 6.59. The molecule has 9 nitrogen and oxygen atoms in total. The van der Waals surface area contributed by atoms with Crippen LogP contribution in [-0.4, -0.2) is 37.9 Å². The van der Waals surface area contributed by atoms with Gasteiger partial charge in [0, 0.05) is 0 Å². The average molecular weight is 461 g/mol. The van der Waals surface area contributed by atoms with E-state index in [1.807, 2.05) is 0 Å². The number of aliphatic hydroxyl groups excluding tert-OH is 1. The first-order valence-electron chi connectivity index (χ1n) is 9.95. The first kappa shape index (κ1) is 23.4. The lowest BCUT2D eigenvalue weighted by molar-refractivity contribution is -0.146. The van der Waals surface area contributed by atoms with Crippen molar-refractivity contribution >= 4 is 33.5 Å². The minimum atomic E-state index is -1.86. The predicted molar refractivity (Wildman–Crippen MR) is 119 cm³/mol. The number of carbonyl (C=O) groups is 2. The number of carbonyl (C=O) groups excluding carboxylic acids is 1. The molecule has 1 atom stereocenters. The van der Waals surface area contributed by atoms with Crippen LogP contribution in [0.3, 0.4) is 0 Å². The Morgan fingerprint density at radius 2 is 1.81 bits per heavy atom. The molecule has 170 valence electrons. The molecule has 0 aliphatic heterocycles. The lowest BCUT2D eigenvalue weighted by atomic mass is 10.1. The lowest BCUT2D eigenvalue weighted by Crippen LogP contribution is -2.52. The second-order valence-corrected chi connectivity index (χ2v) is 8.78. The fourth-order valence-electron chi connectivity index (χ4n) is 3.44. The van der Waals surface area contributed by atoms with Gasteiger partial charge in [-0.05, 0) is 38.8 Å². The Hall–Kier alpha value is -3.24. The van der Waals surface area contributed by atoms with Gasteiger partial charge in [0.2, 0.25) is 0 Å². The number of hydrogen-bond acceptors (Lipinski definition) is 7. The third-order valence-electron chi connectivity index (χ3n) is 5.30. The molecule has 2 N–H and O–H groups in total. The molecule has 0 spiro atoms. The molecular formula is C22H24N2O7S. The number of aryl methyl sites for hydroxylation is 1. The van der Waals surface area contributed by atoms with E-state index in [9.17, 15) is 29.4 Å². The molecule has 0 radical (unpaired) electrons. The van der Waals surface area contributed by atoms with Crippen LogP contribution in [0.2, 0.25) is 0 Å². The number of esters is 1. The molecule has 3 aromatic rings. The first-order chi connectivity index (χ1) is 15.0. The Labute approximate surface area is 187 Å². The summed E-state index contributed by atoms with van der Waals surface area (Å²) >= 11 is 0.908. The number of ether oxygens (including phenoxy) is 1. The number of thiophene rings is 1. The van der Waals surface area contributed by atoms with E-state index in [2.05, 4.69) is 0 Å². The van der Waals surface area contributed by atoms with E-state index in [0.29, 0.717) is 15.7 Å². The van der Waals surface area contributed by atoms with E-state index in [1.54, 1.807) is 44.2 Å². The fraction of sp³-hybridized carbons (Fsp3) is 0.364. The topological polar surface area (TPSA) is 128 Å². The molecule has 0 saturated heterocycles. The van der Waals surface area contributed by atoms with E-state index in [0.717, 1.165) is 15.9 Å². The molecule has 32 heavy (non-hydrogen) atoms. The summed E-state index contributed by atoms with van der Waals surface area (Å²) in [5, 5.41) is 20.5. The number of carboxylic acids is 1. The molecule has 10 heteroatoms. The number of rotatable bonds is 7. The highest BCUT2D eigenvalue weighted by Gasteiger charge is 2.36. The summed E-state index contributed by atoms with van der Waals surface area (Å²) in [6.45, 7) is 5.58. The molecule has 0 fully saturated rings. The molecule has 0 bridgehead atoms. The van der Waals surface area contributed by atoms with Crippen LogP contribution < -0.4 is 11.2 Å². The van der Waals surface area contributed by atoms with E-state index >= 15 is 0 Å². The van der Waals surface area contributed by atoms with Crippen molar-refractivity contribution in [3.8, 4) is 0 Å². The van der Waals surface area contributed by atoms with E-state index in [1.165, 1.54) is 13.8 Å². The zero-order chi connectivity index (χ0) is 23.8. The standard InChI is InChI=1S/C22H24N2O7S/c1-5-31-19(27)16-12(2)15-17(26)24(22(3,4)20(28)29)21(30)23(18(15)32-16)11-14(25)13-9-7-6-8-10-13/h6-10,14,25H,5,11H2,1-4H3,(H,28,29).